The van der Waals surface area contributed by atoms with Crippen LogP contribution in [0, 0.1) is 0 Å². The Morgan fingerprint density at radius 3 is 2.05 bits per heavy atom. The molecule has 5 heteroatoms. The lowest BCUT2D eigenvalue weighted by Gasteiger charge is -2.30. The third-order valence-corrected chi connectivity index (χ3v) is 3.92. The van der Waals surface area contributed by atoms with Gasteiger partial charge in [-0.1, -0.05) is 0 Å². The maximum Gasteiger partial charge on any atom is 0.131 e. The Hall–Kier alpha value is -1.46. The molecule has 20 heavy (non-hydrogen) atoms. The summed E-state index contributed by atoms with van der Waals surface area (Å²) in [6.45, 7) is 0.520. The Morgan fingerprint density at radius 1 is 1.15 bits per heavy atom. The van der Waals surface area contributed by atoms with Crippen molar-refractivity contribution in [2.45, 2.75) is 24.9 Å². The summed E-state index contributed by atoms with van der Waals surface area (Å²) >= 11 is 0. The van der Waals surface area contributed by atoms with Crippen molar-refractivity contribution in [1.82, 2.24) is 4.90 Å². The van der Waals surface area contributed by atoms with Crippen molar-refractivity contribution in [2.75, 3.05) is 34.9 Å². The van der Waals surface area contributed by atoms with Crippen LogP contribution in [-0.2, 0) is 0 Å². The molecule has 1 atom stereocenters. The fourth-order valence-electron chi connectivity index (χ4n) is 2.59. The van der Waals surface area contributed by atoms with E-state index in [-0.39, 0.29) is 6.04 Å². The van der Waals surface area contributed by atoms with E-state index in [2.05, 4.69) is 11.9 Å². The number of nitrogens with zero attached hydrogens (tertiary/aromatic N) is 1. The third-order valence-electron chi connectivity index (χ3n) is 3.92. The SMILES string of the molecule is COc1cc(OC)c(C(CN)N(C)C2CC2)c(OC)c1. The van der Waals surface area contributed by atoms with E-state index < -0.39 is 0 Å². The Kier molecular flexibility index (Phi) is 4.73. The van der Waals surface area contributed by atoms with Crippen molar-refractivity contribution in [1.29, 1.82) is 0 Å². The van der Waals surface area contributed by atoms with Crippen molar-refractivity contribution in [3.05, 3.63) is 17.7 Å². The van der Waals surface area contributed by atoms with Crippen LogP contribution in [0.25, 0.3) is 0 Å². The molecule has 1 unspecified atom stereocenters. The number of nitrogens with two attached hydrogens (primary N) is 1. The zero-order valence-electron chi connectivity index (χ0n) is 12.7. The van der Waals surface area contributed by atoms with Gasteiger partial charge in [-0.2, -0.15) is 0 Å². The Balaban J connectivity index is 2.45. The minimum atomic E-state index is 0.0818. The Morgan fingerprint density at radius 2 is 1.70 bits per heavy atom. The van der Waals surface area contributed by atoms with Gasteiger partial charge >= 0.3 is 0 Å². The van der Waals surface area contributed by atoms with Crippen LogP contribution in [0.15, 0.2) is 12.1 Å². The number of methoxy groups -OCH3 is 3. The van der Waals surface area contributed by atoms with Crippen LogP contribution in [0.5, 0.6) is 17.2 Å². The van der Waals surface area contributed by atoms with Crippen LogP contribution in [0.2, 0.25) is 0 Å². The van der Waals surface area contributed by atoms with Crippen molar-refractivity contribution < 1.29 is 14.2 Å². The van der Waals surface area contributed by atoms with Crippen LogP contribution < -0.4 is 19.9 Å². The van der Waals surface area contributed by atoms with Crippen molar-refractivity contribution in [3.8, 4) is 17.2 Å². The first-order valence-electron chi connectivity index (χ1n) is 6.88. The number of hydrogen-bond donors (Lipinski definition) is 1. The minimum absolute atomic E-state index is 0.0818. The quantitative estimate of drug-likeness (QED) is 0.825. The molecule has 2 N–H and O–H groups in total. The Labute approximate surface area is 120 Å². The largest absolute Gasteiger partial charge is 0.496 e. The Bertz CT molecular complexity index is 435. The molecule has 0 bridgehead atoms. The standard InChI is InChI=1S/C15H24N2O3/c1-17(10-5-6-10)12(9-16)15-13(19-3)7-11(18-2)8-14(15)20-4/h7-8,10,12H,5-6,9,16H2,1-4H3. The summed E-state index contributed by atoms with van der Waals surface area (Å²) < 4.78 is 16.3. The van der Waals surface area contributed by atoms with Gasteiger partial charge in [-0.25, -0.2) is 0 Å². The lowest BCUT2D eigenvalue weighted by molar-refractivity contribution is 0.228. The van der Waals surface area contributed by atoms with Crippen molar-refractivity contribution in [2.24, 2.45) is 5.73 Å². The average molecular weight is 280 g/mol. The summed E-state index contributed by atoms with van der Waals surface area (Å²) in [6, 6.07) is 4.45. The molecule has 5 nitrogen and oxygen atoms in total. The molecule has 0 aliphatic heterocycles. The van der Waals surface area contributed by atoms with Gasteiger partial charge in [0.05, 0.1) is 32.9 Å². The summed E-state index contributed by atoms with van der Waals surface area (Å²) in [5, 5.41) is 0. The minimum Gasteiger partial charge on any atom is -0.496 e. The average Bonchev–Trinajstić information content (AvgIpc) is 3.32. The zero-order chi connectivity index (χ0) is 14.7. The predicted octanol–water partition coefficient (Wildman–Crippen LogP) is 1.81. The molecule has 1 aliphatic rings. The molecule has 0 spiro atoms. The molecule has 112 valence electrons. The van der Waals surface area contributed by atoms with Gasteiger partial charge in [-0.05, 0) is 19.9 Å². The van der Waals surface area contributed by atoms with E-state index in [1.54, 1.807) is 21.3 Å². The first-order valence-corrected chi connectivity index (χ1v) is 6.88. The first-order chi connectivity index (χ1) is 9.65. The summed E-state index contributed by atoms with van der Waals surface area (Å²) in [6.07, 6.45) is 2.46. The van der Waals surface area contributed by atoms with Gasteiger partial charge in [0.15, 0.2) is 0 Å². The van der Waals surface area contributed by atoms with Crippen LogP contribution >= 0.6 is 0 Å². The second-order valence-electron chi connectivity index (χ2n) is 5.09. The second-order valence-corrected chi connectivity index (χ2v) is 5.09. The fourth-order valence-corrected chi connectivity index (χ4v) is 2.59. The monoisotopic (exact) mass is 280 g/mol. The van der Waals surface area contributed by atoms with Gasteiger partial charge in [0.1, 0.15) is 17.2 Å². The van der Waals surface area contributed by atoms with Crippen LogP contribution in [-0.4, -0.2) is 45.9 Å². The van der Waals surface area contributed by atoms with E-state index in [1.165, 1.54) is 12.8 Å². The third kappa shape index (κ3) is 2.83. The maximum atomic E-state index is 6.00. The molecule has 0 heterocycles. The van der Waals surface area contributed by atoms with Crippen molar-refractivity contribution in [3.63, 3.8) is 0 Å². The maximum absolute atomic E-state index is 6.00. The summed E-state index contributed by atoms with van der Waals surface area (Å²) in [7, 11) is 7.05. The molecule has 1 aromatic carbocycles. The molecule has 0 saturated heterocycles. The highest BCUT2D eigenvalue weighted by Crippen LogP contribution is 2.42. The smallest absolute Gasteiger partial charge is 0.131 e. The molecule has 1 fully saturated rings. The molecular formula is C15H24N2O3. The summed E-state index contributed by atoms with van der Waals surface area (Å²) in [5.74, 6) is 2.22. The molecule has 1 aliphatic carbocycles. The topological polar surface area (TPSA) is 57.0 Å². The highest BCUT2D eigenvalue weighted by molar-refractivity contribution is 5.52. The fraction of sp³-hybridized carbons (Fsp3) is 0.600. The summed E-state index contributed by atoms with van der Waals surface area (Å²) in [4.78, 5) is 2.31. The number of ether oxygens (including phenoxy) is 3. The van der Waals surface area contributed by atoms with Gasteiger partial charge in [0.2, 0.25) is 0 Å². The van der Waals surface area contributed by atoms with E-state index in [0.717, 1.165) is 17.1 Å². The van der Waals surface area contributed by atoms with E-state index in [9.17, 15) is 0 Å². The predicted molar refractivity (Wildman–Crippen MR) is 78.7 cm³/mol. The summed E-state index contributed by atoms with van der Waals surface area (Å²) in [5.41, 5.74) is 7.00. The molecule has 1 aromatic rings. The molecule has 0 aromatic heterocycles. The van der Waals surface area contributed by atoms with Gasteiger partial charge < -0.3 is 19.9 Å². The second kappa shape index (κ2) is 6.33. The van der Waals surface area contributed by atoms with E-state index in [1.807, 2.05) is 12.1 Å². The van der Waals surface area contributed by atoms with Gasteiger partial charge in [-0.15, -0.1) is 0 Å². The lowest BCUT2D eigenvalue weighted by atomic mass is 10.0. The molecule has 0 amide bonds. The van der Waals surface area contributed by atoms with Crippen LogP contribution in [0.1, 0.15) is 24.4 Å². The number of likely N-dealkylation sites (N-methyl/N-ethyl adjacent to an activating group) is 1. The number of hydrogen-bond acceptors (Lipinski definition) is 5. The van der Waals surface area contributed by atoms with Crippen LogP contribution in [0.4, 0.5) is 0 Å². The number of benzene rings is 1. The van der Waals surface area contributed by atoms with Gasteiger partial charge in [0, 0.05) is 24.7 Å². The zero-order valence-corrected chi connectivity index (χ0v) is 12.7. The molecule has 2 rings (SSSR count). The lowest BCUT2D eigenvalue weighted by Crippen LogP contribution is -2.32. The van der Waals surface area contributed by atoms with E-state index >= 15 is 0 Å². The van der Waals surface area contributed by atoms with Gasteiger partial charge in [-0.3, -0.25) is 4.90 Å². The molecule has 1 saturated carbocycles. The normalized spacial score (nSPS) is 16.1. The molecule has 0 radical (unpaired) electrons. The van der Waals surface area contributed by atoms with Crippen molar-refractivity contribution >= 4 is 0 Å². The van der Waals surface area contributed by atoms with Crippen LogP contribution in [0.3, 0.4) is 0 Å². The highest BCUT2D eigenvalue weighted by atomic mass is 16.5. The van der Waals surface area contributed by atoms with E-state index in [0.29, 0.717) is 18.3 Å². The molecular weight excluding hydrogens is 256 g/mol. The number of rotatable bonds is 7. The first kappa shape index (κ1) is 14.9. The van der Waals surface area contributed by atoms with Gasteiger partial charge in [0.25, 0.3) is 0 Å². The van der Waals surface area contributed by atoms with E-state index in [4.69, 9.17) is 19.9 Å². The highest BCUT2D eigenvalue weighted by Gasteiger charge is 2.34.